The van der Waals surface area contributed by atoms with Crippen LogP contribution in [0.15, 0.2) is 22.7 Å². The second-order valence-corrected chi connectivity index (χ2v) is 4.16. The van der Waals surface area contributed by atoms with Crippen molar-refractivity contribution in [3.05, 3.63) is 33.5 Å². The zero-order chi connectivity index (χ0) is 10.1. The number of aromatic nitrogens is 3. The average molecular weight is 273 g/mol. The Bertz CT molecular complexity index is 467. The van der Waals surface area contributed by atoms with E-state index in [4.69, 9.17) is 11.6 Å². The molecule has 0 fully saturated rings. The Balaban J connectivity index is 2.55. The summed E-state index contributed by atoms with van der Waals surface area (Å²) in [6.45, 7) is 1.86. The van der Waals surface area contributed by atoms with Crippen molar-refractivity contribution in [1.82, 2.24) is 15.2 Å². The fraction of sp³-hybridized carbons (Fsp3) is 0.111. The Morgan fingerprint density at radius 3 is 2.86 bits per heavy atom. The predicted molar refractivity (Wildman–Crippen MR) is 59.3 cm³/mol. The second kappa shape index (κ2) is 3.71. The van der Waals surface area contributed by atoms with Crippen molar-refractivity contribution in [3.63, 3.8) is 0 Å². The number of benzene rings is 1. The molecular formula is C9H7BrClN3. The van der Waals surface area contributed by atoms with Crippen LogP contribution in [-0.2, 0) is 0 Å². The second-order valence-electron chi connectivity index (χ2n) is 2.87. The minimum atomic E-state index is 0.650. The number of nitrogens with one attached hydrogen (secondary N) is 1. The van der Waals surface area contributed by atoms with Gasteiger partial charge in [0.15, 0.2) is 5.82 Å². The largest absolute Gasteiger partial charge is 0.263 e. The fourth-order valence-corrected chi connectivity index (χ4v) is 1.73. The molecule has 3 nitrogen and oxygen atoms in total. The molecule has 5 heteroatoms. The van der Waals surface area contributed by atoms with Gasteiger partial charge in [0.05, 0.1) is 0 Å². The number of H-pyrrole nitrogens is 1. The number of hydrogen-bond donors (Lipinski definition) is 1. The summed E-state index contributed by atoms with van der Waals surface area (Å²) in [5.74, 6) is 1.43. The molecule has 1 N–H and O–H groups in total. The number of halogens is 2. The average Bonchev–Trinajstić information content (AvgIpc) is 2.56. The van der Waals surface area contributed by atoms with Crippen LogP contribution in [0.1, 0.15) is 5.82 Å². The van der Waals surface area contributed by atoms with Crippen LogP contribution in [0.4, 0.5) is 0 Å². The lowest BCUT2D eigenvalue weighted by Gasteiger charge is -1.99. The molecule has 0 atom stereocenters. The predicted octanol–water partition coefficient (Wildman–Crippen LogP) is 3.20. The van der Waals surface area contributed by atoms with E-state index in [1.807, 2.05) is 25.1 Å². The van der Waals surface area contributed by atoms with Gasteiger partial charge in [-0.3, -0.25) is 5.10 Å². The summed E-state index contributed by atoms with van der Waals surface area (Å²) in [5.41, 5.74) is 0.891. The van der Waals surface area contributed by atoms with Crippen LogP contribution >= 0.6 is 27.5 Å². The van der Waals surface area contributed by atoms with Crippen molar-refractivity contribution in [2.75, 3.05) is 0 Å². The van der Waals surface area contributed by atoms with Crippen molar-refractivity contribution in [1.29, 1.82) is 0 Å². The molecule has 0 aliphatic carbocycles. The molecule has 0 saturated carbocycles. The van der Waals surface area contributed by atoms with Gasteiger partial charge >= 0.3 is 0 Å². The maximum absolute atomic E-state index is 5.89. The van der Waals surface area contributed by atoms with Crippen molar-refractivity contribution in [2.24, 2.45) is 0 Å². The van der Waals surface area contributed by atoms with E-state index >= 15 is 0 Å². The minimum Gasteiger partial charge on any atom is -0.263 e. The third-order valence-corrected chi connectivity index (χ3v) is 2.69. The standard InChI is InChI=1S/C9H7BrClN3/c1-5-12-9(14-13-5)7-4-6(11)2-3-8(7)10/h2-4H,1H3,(H,12,13,14). The van der Waals surface area contributed by atoms with Gasteiger partial charge in [0.25, 0.3) is 0 Å². The van der Waals surface area contributed by atoms with Gasteiger partial charge in [0, 0.05) is 15.1 Å². The van der Waals surface area contributed by atoms with Crippen molar-refractivity contribution < 1.29 is 0 Å². The highest BCUT2D eigenvalue weighted by Crippen LogP contribution is 2.28. The first kappa shape index (κ1) is 9.68. The molecule has 1 aromatic carbocycles. The molecule has 2 rings (SSSR count). The summed E-state index contributed by atoms with van der Waals surface area (Å²) in [4.78, 5) is 4.23. The zero-order valence-corrected chi connectivity index (χ0v) is 9.72. The van der Waals surface area contributed by atoms with E-state index in [0.29, 0.717) is 10.8 Å². The smallest absolute Gasteiger partial charge is 0.182 e. The van der Waals surface area contributed by atoms with Crippen molar-refractivity contribution >= 4 is 27.5 Å². The normalized spacial score (nSPS) is 10.5. The van der Waals surface area contributed by atoms with Crippen LogP contribution in [0.3, 0.4) is 0 Å². The van der Waals surface area contributed by atoms with Gasteiger partial charge in [-0.1, -0.05) is 27.5 Å². The molecule has 14 heavy (non-hydrogen) atoms. The molecule has 0 spiro atoms. The summed E-state index contributed by atoms with van der Waals surface area (Å²) in [7, 11) is 0. The highest BCUT2D eigenvalue weighted by atomic mass is 79.9. The van der Waals surface area contributed by atoms with E-state index in [9.17, 15) is 0 Å². The van der Waals surface area contributed by atoms with Gasteiger partial charge in [0.2, 0.25) is 0 Å². The van der Waals surface area contributed by atoms with Gasteiger partial charge in [-0.25, -0.2) is 4.98 Å². The molecule has 1 aromatic heterocycles. The number of aryl methyl sites for hydroxylation is 1. The highest BCUT2D eigenvalue weighted by molar-refractivity contribution is 9.10. The Morgan fingerprint density at radius 2 is 2.21 bits per heavy atom. The van der Waals surface area contributed by atoms with Crippen LogP contribution in [0.25, 0.3) is 11.4 Å². The summed E-state index contributed by atoms with van der Waals surface area (Å²) in [6, 6.07) is 5.52. The molecule has 0 radical (unpaired) electrons. The first-order chi connectivity index (χ1) is 6.66. The number of rotatable bonds is 1. The third kappa shape index (κ3) is 1.81. The maximum atomic E-state index is 5.89. The first-order valence-corrected chi connectivity index (χ1v) is 5.18. The third-order valence-electron chi connectivity index (χ3n) is 1.77. The lowest BCUT2D eigenvalue weighted by Crippen LogP contribution is -1.82. The number of nitrogens with zero attached hydrogens (tertiary/aromatic N) is 2. The minimum absolute atomic E-state index is 0.650. The van der Waals surface area contributed by atoms with Gasteiger partial charge in [0.1, 0.15) is 5.82 Å². The SMILES string of the molecule is Cc1nc(-c2cc(Cl)ccc2Br)n[nH]1. The van der Waals surface area contributed by atoms with E-state index in [1.165, 1.54) is 0 Å². The van der Waals surface area contributed by atoms with Gasteiger partial charge in [-0.15, -0.1) is 0 Å². The summed E-state index contributed by atoms with van der Waals surface area (Å²) < 4.78 is 0.931. The van der Waals surface area contributed by atoms with Crippen LogP contribution < -0.4 is 0 Å². The van der Waals surface area contributed by atoms with Gasteiger partial charge in [-0.05, 0) is 25.1 Å². The van der Waals surface area contributed by atoms with Crippen molar-refractivity contribution in [2.45, 2.75) is 6.92 Å². The summed E-state index contributed by atoms with van der Waals surface area (Å²) in [6.07, 6.45) is 0. The van der Waals surface area contributed by atoms with Crippen LogP contribution in [0, 0.1) is 6.92 Å². The Kier molecular flexibility index (Phi) is 2.56. The topological polar surface area (TPSA) is 41.6 Å². The quantitative estimate of drug-likeness (QED) is 0.866. The van der Waals surface area contributed by atoms with E-state index in [1.54, 1.807) is 0 Å². The molecule has 0 aliphatic heterocycles. The van der Waals surface area contributed by atoms with Crippen LogP contribution in [-0.4, -0.2) is 15.2 Å². The molecule has 0 amide bonds. The number of aromatic amines is 1. The Hall–Kier alpha value is -0.870. The van der Waals surface area contributed by atoms with Gasteiger partial charge in [-0.2, -0.15) is 5.10 Å². The van der Waals surface area contributed by atoms with E-state index in [2.05, 4.69) is 31.1 Å². The zero-order valence-electron chi connectivity index (χ0n) is 7.38. The fourth-order valence-electron chi connectivity index (χ4n) is 1.13. The lowest BCUT2D eigenvalue weighted by atomic mass is 10.2. The summed E-state index contributed by atoms with van der Waals surface area (Å²) >= 11 is 9.31. The lowest BCUT2D eigenvalue weighted by molar-refractivity contribution is 1.04. The molecule has 1 heterocycles. The van der Waals surface area contributed by atoms with Crippen molar-refractivity contribution in [3.8, 4) is 11.4 Å². The molecule has 0 unspecified atom stereocenters. The Morgan fingerprint density at radius 1 is 1.43 bits per heavy atom. The highest BCUT2D eigenvalue weighted by Gasteiger charge is 2.08. The van der Waals surface area contributed by atoms with Gasteiger partial charge < -0.3 is 0 Å². The summed E-state index contributed by atoms with van der Waals surface area (Å²) in [5, 5.41) is 7.52. The molecule has 72 valence electrons. The first-order valence-electron chi connectivity index (χ1n) is 4.01. The van der Waals surface area contributed by atoms with E-state index in [0.717, 1.165) is 15.9 Å². The van der Waals surface area contributed by atoms with Crippen LogP contribution in [0.5, 0.6) is 0 Å². The van der Waals surface area contributed by atoms with Crippen LogP contribution in [0.2, 0.25) is 5.02 Å². The number of hydrogen-bond acceptors (Lipinski definition) is 2. The monoisotopic (exact) mass is 271 g/mol. The van der Waals surface area contributed by atoms with E-state index < -0.39 is 0 Å². The molecule has 0 aliphatic rings. The molecule has 0 saturated heterocycles. The molecular weight excluding hydrogens is 265 g/mol. The molecule has 2 aromatic rings. The van der Waals surface area contributed by atoms with E-state index in [-0.39, 0.29) is 0 Å². The Labute approximate surface area is 94.6 Å². The maximum Gasteiger partial charge on any atom is 0.182 e. The molecule has 0 bridgehead atoms.